The van der Waals surface area contributed by atoms with Gasteiger partial charge < -0.3 is 19.5 Å². The lowest BCUT2D eigenvalue weighted by atomic mass is 10.1. The topological polar surface area (TPSA) is 79.7 Å². The van der Waals surface area contributed by atoms with Crippen molar-refractivity contribution in [1.29, 1.82) is 0 Å². The minimum atomic E-state index is -0.257. The van der Waals surface area contributed by atoms with Crippen LogP contribution in [-0.4, -0.2) is 70.3 Å². The molecule has 3 amide bonds. The largest absolute Gasteiger partial charge is 0.447 e. The lowest BCUT2D eigenvalue weighted by molar-refractivity contribution is 0.126. The maximum atomic E-state index is 12.5. The maximum Gasteiger partial charge on any atom is 0.410 e. The zero-order valence-corrected chi connectivity index (χ0v) is 13.9. The third-order valence-corrected chi connectivity index (χ3v) is 5.40. The monoisotopic (exact) mass is 333 g/mol. The summed E-state index contributed by atoms with van der Waals surface area (Å²) < 4.78 is 7.19. The average molecular weight is 333 g/mol. The van der Waals surface area contributed by atoms with E-state index in [4.69, 9.17) is 4.74 Å². The Morgan fingerprint density at radius 1 is 1.46 bits per heavy atom. The number of ether oxygens (including phenoxy) is 1. The molecule has 3 heterocycles. The highest BCUT2D eigenvalue weighted by molar-refractivity contribution is 5.75. The van der Waals surface area contributed by atoms with E-state index in [0.717, 1.165) is 25.2 Å². The molecule has 8 heteroatoms. The summed E-state index contributed by atoms with van der Waals surface area (Å²) >= 11 is 0. The summed E-state index contributed by atoms with van der Waals surface area (Å²) in [5.41, 5.74) is 0.162. The number of aryl methyl sites for hydroxylation is 1. The highest BCUT2D eigenvalue weighted by Crippen LogP contribution is 2.46. The van der Waals surface area contributed by atoms with Gasteiger partial charge in [-0.05, 0) is 19.8 Å². The first kappa shape index (κ1) is 15.3. The molecule has 24 heavy (non-hydrogen) atoms. The highest BCUT2D eigenvalue weighted by Gasteiger charge is 2.44. The van der Waals surface area contributed by atoms with Gasteiger partial charge in [-0.15, -0.1) is 0 Å². The van der Waals surface area contributed by atoms with Crippen molar-refractivity contribution in [1.82, 2.24) is 24.7 Å². The van der Waals surface area contributed by atoms with Crippen molar-refractivity contribution in [2.75, 3.05) is 32.8 Å². The lowest BCUT2D eigenvalue weighted by Gasteiger charge is -2.35. The fourth-order valence-electron chi connectivity index (χ4n) is 3.55. The summed E-state index contributed by atoms with van der Waals surface area (Å²) in [5.74, 6) is 1.01. The molecule has 2 aliphatic heterocycles. The van der Waals surface area contributed by atoms with Crippen LogP contribution in [0.4, 0.5) is 9.59 Å². The molecule has 2 saturated heterocycles. The van der Waals surface area contributed by atoms with Gasteiger partial charge in [0.15, 0.2) is 0 Å². The van der Waals surface area contributed by atoms with Crippen LogP contribution in [0.3, 0.4) is 0 Å². The summed E-state index contributed by atoms with van der Waals surface area (Å²) in [6, 6.07) is -0.0388. The number of fused-ring (bicyclic) bond motifs is 1. The van der Waals surface area contributed by atoms with E-state index in [1.807, 2.05) is 19.3 Å². The van der Waals surface area contributed by atoms with Crippen LogP contribution in [0.25, 0.3) is 0 Å². The Kier molecular flexibility index (Phi) is 3.62. The Labute approximate surface area is 140 Å². The Balaban J connectivity index is 1.29. The van der Waals surface area contributed by atoms with Crippen molar-refractivity contribution in [2.45, 2.75) is 32.4 Å². The van der Waals surface area contributed by atoms with E-state index in [1.54, 1.807) is 9.80 Å². The summed E-state index contributed by atoms with van der Waals surface area (Å²) in [4.78, 5) is 31.7. The number of aromatic nitrogens is 2. The van der Waals surface area contributed by atoms with Crippen molar-refractivity contribution < 1.29 is 14.3 Å². The van der Waals surface area contributed by atoms with Crippen LogP contribution >= 0.6 is 0 Å². The van der Waals surface area contributed by atoms with Gasteiger partial charge >= 0.3 is 12.1 Å². The fourth-order valence-corrected chi connectivity index (χ4v) is 3.55. The number of piperazine rings is 1. The number of amides is 3. The van der Waals surface area contributed by atoms with E-state index in [1.165, 1.54) is 0 Å². The van der Waals surface area contributed by atoms with E-state index < -0.39 is 0 Å². The maximum absolute atomic E-state index is 12.5. The SMILES string of the molecule is Cc1nccn1CC1(CNC(=O)N2CCN3C(=O)OCC3C2)CC1. The number of nitrogens with one attached hydrogen (secondary N) is 1. The molecule has 130 valence electrons. The molecule has 1 aromatic heterocycles. The zero-order chi connectivity index (χ0) is 16.7. The van der Waals surface area contributed by atoms with E-state index >= 15 is 0 Å². The van der Waals surface area contributed by atoms with E-state index in [9.17, 15) is 9.59 Å². The van der Waals surface area contributed by atoms with Crippen LogP contribution in [-0.2, 0) is 11.3 Å². The van der Waals surface area contributed by atoms with Crippen LogP contribution in [0.2, 0.25) is 0 Å². The average Bonchev–Trinajstić information content (AvgIpc) is 3.09. The van der Waals surface area contributed by atoms with Crippen LogP contribution in [0, 0.1) is 12.3 Å². The molecule has 1 unspecified atom stereocenters. The number of carbonyl (C=O) groups excluding carboxylic acids is 2. The second-order valence-electron chi connectivity index (χ2n) is 7.13. The van der Waals surface area contributed by atoms with Crippen LogP contribution in [0.5, 0.6) is 0 Å². The molecule has 8 nitrogen and oxygen atoms in total. The number of imidazole rings is 1. The molecule has 0 bridgehead atoms. The van der Waals surface area contributed by atoms with Gasteiger partial charge in [-0.25, -0.2) is 14.6 Å². The standard InChI is InChI=1S/C16H23N5O3/c1-12-17-4-5-20(12)11-16(2-3-16)10-18-14(22)19-6-7-21-13(8-19)9-24-15(21)23/h4-5,13H,2-3,6-11H2,1H3,(H,18,22). The number of urea groups is 1. The van der Waals surface area contributed by atoms with Gasteiger partial charge in [0.25, 0.3) is 0 Å². The van der Waals surface area contributed by atoms with Gasteiger partial charge in [-0.2, -0.15) is 0 Å². The van der Waals surface area contributed by atoms with Gasteiger partial charge in [-0.1, -0.05) is 0 Å². The minimum Gasteiger partial charge on any atom is -0.447 e. The van der Waals surface area contributed by atoms with Crippen molar-refractivity contribution >= 4 is 12.1 Å². The van der Waals surface area contributed by atoms with Crippen LogP contribution < -0.4 is 5.32 Å². The second-order valence-corrected chi connectivity index (χ2v) is 7.13. The Bertz CT molecular complexity index is 654. The summed E-state index contributed by atoms with van der Waals surface area (Å²) in [6.45, 7) is 5.62. The molecule has 0 aromatic carbocycles. The number of cyclic esters (lactones) is 1. The first-order valence-electron chi connectivity index (χ1n) is 8.50. The van der Waals surface area contributed by atoms with Crippen LogP contribution in [0.15, 0.2) is 12.4 Å². The van der Waals surface area contributed by atoms with Gasteiger partial charge in [-0.3, -0.25) is 4.90 Å². The molecule has 3 aliphatic rings. The Morgan fingerprint density at radius 3 is 3.00 bits per heavy atom. The summed E-state index contributed by atoms with van der Waals surface area (Å²) in [5, 5.41) is 3.09. The quantitative estimate of drug-likeness (QED) is 0.885. The number of rotatable bonds is 4. The van der Waals surface area contributed by atoms with E-state index in [2.05, 4.69) is 14.9 Å². The van der Waals surface area contributed by atoms with Crippen molar-refractivity contribution in [3.05, 3.63) is 18.2 Å². The first-order valence-corrected chi connectivity index (χ1v) is 8.50. The summed E-state index contributed by atoms with van der Waals surface area (Å²) in [7, 11) is 0. The molecule has 1 saturated carbocycles. The smallest absolute Gasteiger partial charge is 0.410 e. The zero-order valence-electron chi connectivity index (χ0n) is 13.9. The Morgan fingerprint density at radius 2 is 2.29 bits per heavy atom. The van der Waals surface area contributed by atoms with Crippen molar-refractivity contribution in [3.8, 4) is 0 Å². The molecule has 0 radical (unpaired) electrons. The second kappa shape index (κ2) is 5.68. The van der Waals surface area contributed by atoms with Crippen molar-refractivity contribution in [3.63, 3.8) is 0 Å². The highest BCUT2D eigenvalue weighted by atomic mass is 16.6. The molecule has 1 aliphatic carbocycles. The molecule has 0 spiro atoms. The van der Waals surface area contributed by atoms with Gasteiger partial charge in [0.05, 0.1) is 6.04 Å². The number of carbonyl (C=O) groups is 2. The molecule has 4 rings (SSSR count). The molecular weight excluding hydrogens is 310 g/mol. The molecule has 3 fully saturated rings. The van der Waals surface area contributed by atoms with Gasteiger partial charge in [0.1, 0.15) is 12.4 Å². The molecule has 1 aromatic rings. The molecular formula is C16H23N5O3. The predicted octanol–water partition coefficient (Wildman–Crippen LogP) is 0.818. The first-order chi connectivity index (χ1) is 11.6. The lowest BCUT2D eigenvalue weighted by Crippen LogP contribution is -2.56. The third kappa shape index (κ3) is 2.81. The van der Waals surface area contributed by atoms with E-state index in [-0.39, 0.29) is 23.6 Å². The summed E-state index contributed by atoms with van der Waals surface area (Å²) in [6.07, 6.45) is 5.81. The number of hydrogen-bond donors (Lipinski definition) is 1. The molecule has 1 atom stereocenters. The van der Waals surface area contributed by atoms with Crippen LogP contribution in [0.1, 0.15) is 18.7 Å². The third-order valence-electron chi connectivity index (χ3n) is 5.40. The minimum absolute atomic E-state index is 0.000448. The van der Waals surface area contributed by atoms with Gasteiger partial charge in [0.2, 0.25) is 0 Å². The number of hydrogen-bond acceptors (Lipinski definition) is 4. The Hall–Kier alpha value is -2.25. The van der Waals surface area contributed by atoms with Crippen molar-refractivity contribution in [2.24, 2.45) is 5.41 Å². The fraction of sp³-hybridized carbons (Fsp3) is 0.688. The molecule has 1 N–H and O–H groups in total. The predicted molar refractivity (Wildman–Crippen MR) is 85.4 cm³/mol. The van der Waals surface area contributed by atoms with Gasteiger partial charge in [0, 0.05) is 50.5 Å². The van der Waals surface area contributed by atoms with E-state index in [0.29, 0.717) is 32.8 Å². The number of nitrogens with zero attached hydrogens (tertiary/aromatic N) is 4. The normalized spacial score (nSPS) is 24.5.